The van der Waals surface area contributed by atoms with Crippen LogP contribution in [0.2, 0.25) is 0 Å². The Morgan fingerprint density at radius 3 is 2.75 bits per heavy atom. The van der Waals surface area contributed by atoms with Gasteiger partial charge in [-0.15, -0.1) is 11.8 Å². The minimum atomic E-state index is -0.718. The molecular formula is C15H23NO3S. The fourth-order valence-electron chi connectivity index (χ4n) is 2.03. The van der Waals surface area contributed by atoms with E-state index in [9.17, 15) is 4.79 Å². The quantitative estimate of drug-likeness (QED) is 0.560. The zero-order chi connectivity index (χ0) is 15.0. The number of aliphatic carboxylic acids is 1. The van der Waals surface area contributed by atoms with Gasteiger partial charge in [0.15, 0.2) is 0 Å². The van der Waals surface area contributed by atoms with Crippen LogP contribution in [0.1, 0.15) is 24.8 Å². The summed E-state index contributed by atoms with van der Waals surface area (Å²) < 4.78 is 5.38. The van der Waals surface area contributed by atoms with Crippen molar-refractivity contribution in [2.24, 2.45) is 0 Å². The van der Waals surface area contributed by atoms with Gasteiger partial charge in [0, 0.05) is 17.9 Å². The first-order chi connectivity index (χ1) is 9.56. The average Bonchev–Trinajstić information content (AvgIpc) is 2.43. The Bertz CT molecular complexity index is 437. The van der Waals surface area contributed by atoms with Gasteiger partial charge in [0.1, 0.15) is 5.75 Å². The second kappa shape index (κ2) is 8.87. The van der Waals surface area contributed by atoms with Crippen LogP contribution >= 0.6 is 11.8 Å². The molecule has 0 amide bonds. The second-order valence-electron chi connectivity index (χ2n) is 4.78. The number of ether oxygens (including phenoxy) is 1. The van der Waals surface area contributed by atoms with Gasteiger partial charge >= 0.3 is 5.97 Å². The number of carboxylic acid groups (broad SMARTS) is 1. The molecular weight excluding hydrogens is 274 g/mol. The number of hydrogen-bond donors (Lipinski definition) is 1. The fraction of sp³-hybridized carbons (Fsp3) is 0.533. The van der Waals surface area contributed by atoms with Crippen LogP contribution < -0.4 is 4.74 Å². The van der Waals surface area contributed by atoms with Crippen LogP contribution in [0.3, 0.4) is 0 Å². The number of nitrogens with zero attached hydrogens (tertiary/aromatic N) is 1. The lowest BCUT2D eigenvalue weighted by molar-refractivity contribution is -0.137. The normalized spacial score (nSPS) is 10.8. The van der Waals surface area contributed by atoms with Crippen LogP contribution in [0.4, 0.5) is 0 Å². The minimum absolute atomic E-state index is 0.254. The maximum atomic E-state index is 10.4. The Labute approximate surface area is 125 Å². The molecule has 0 aromatic heterocycles. The minimum Gasteiger partial charge on any atom is -0.496 e. The highest BCUT2D eigenvalue weighted by molar-refractivity contribution is 7.98. The summed E-state index contributed by atoms with van der Waals surface area (Å²) in [6.45, 7) is 1.75. The molecule has 0 aliphatic carbocycles. The van der Waals surface area contributed by atoms with Gasteiger partial charge < -0.3 is 14.7 Å². The van der Waals surface area contributed by atoms with Crippen LogP contribution in [0.5, 0.6) is 5.75 Å². The van der Waals surface area contributed by atoms with E-state index in [0.717, 1.165) is 36.6 Å². The third-order valence-corrected chi connectivity index (χ3v) is 3.86. The van der Waals surface area contributed by atoms with Crippen molar-refractivity contribution in [2.45, 2.75) is 30.7 Å². The molecule has 1 aromatic carbocycles. The number of hydrogen-bond acceptors (Lipinski definition) is 4. The highest BCUT2D eigenvalue weighted by Gasteiger charge is 2.06. The highest BCUT2D eigenvalue weighted by Crippen LogP contribution is 2.28. The molecule has 0 aliphatic rings. The first kappa shape index (κ1) is 16.9. The molecule has 20 heavy (non-hydrogen) atoms. The van der Waals surface area contributed by atoms with E-state index in [1.165, 1.54) is 5.56 Å². The Morgan fingerprint density at radius 2 is 2.15 bits per heavy atom. The van der Waals surface area contributed by atoms with Gasteiger partial charge in [-0.1, -0.05) is 6.07 Å². The summed E-state index contributed by atoms with van der Waals surface area (Å²) in [4.78, 5) is 13.8. The Balaban J connectivity index is 2.45. The molecule has 0 radical (unpaired) electrons. The van der Waals surface area contributed by atoms with Crippen molar-refractivity contribution >= 4 is 17.7 Å². The molecule has 112 valence electrons. The van der Waals surface area contributed by atoms with Gasteiger partial charge in [-0.2, -0.15) is 0 Å². The van der Waals surface area contributed by atoms with E-state index < -0.39 is 5.97 Å². The summed E-state index contributed by atoms with van der Waals surface area (Å²) in [5, 5.41) is 8.59. The molecule has 1 aromatic rings. The maximum Gasteiger partial charge on any atom is 0.303 e. The molecule has 0 saturated carbocycles. The first-order valence-electron chi connectivity index (χ1n) is 6.68. The smallest absolute Gasteiger partial charge is 0.303 e. The molecule has 4 nitrogen and oxygen atoms in total. The number of unbranched alkanes of at least 4 members (excludes halogenated alkanes) is 1. The molecule has 0 aliphatic heterocycles. The van der Waals surface area contributed by atoms with Crippen molar-refractivity contribution in [1.82, 2.24) is 4.90 Å². The number of methoxy groups -OCH3 is 1. The van der Waals surface area contributed by atoms with Gasteiger partial charge in [-0.25, -0.2) is 0 Å². The van der Waals surface area contributed by atoms with E-state index in [1.54, 1.807) is 18.9 Å². The van der Waals surface area contributed by atoms with Gasteiger partial charge in [0.05, 0.1) is 7.11 Å². The Hall–Kier alpha value is -1.20. The number of carboxylic acids is 1. The number of carbonyl (C=O) groups is 1. The van der Waals surface area contributed by atoms with E-state index in [-0.39, 0.29) is 6.42 Å². The Kier molecular flexibility index (Phi) is 7.47. The summed E-state index contributed by atoms with van der Waals surface area (Å²) in [6, 6.07) is 6.26. The summed E-state index contributed by atoms with van der Waals surface area (Å²) >= 11 is 1.67. The molecule has 0 saturated heterocycles. The van der Waals surface area contributed by atoms with Crippen molar-refractivity contribution < 1.29 is 14.6 Å². The predicted molar refractivity (Wildman–Crippen MR) is 82.6 cm³/mol. The third kappa shape index (κ3) is 5.84. The molecule has 0 spiro atoms. The van der Waals surface area contributed by atoms with Crippen LogP contribution in [-0.2, 0) is 11.3 Å². The SMILES string of the molecule is COc1cc(CN(C)CCCCC(=O)O)ccc1SC. The highest BCUT2D eigenvalue weighted by atomic mass is 32.2. The van der Waals surface area contributed by atoms with Crippen molar-refractivity contribution in [1.29, 1.82) is 0 Å². The van der Waals surface area contributed by atoms with Crippen molar-refractivity contribution in [3.63, 3.8) is 0 Å². The average molecular weight is 297 g/mol. The first-order valence-corrected chi connectivity index (χ1v) is 7.90. The van der Waals surface area contributed by atoms with Gasteiger partial charge in [0.2, 0.25) is 0 Å². The molecule has 0 bridgehead atoms. The van der Waals surface area contributed by atoms with Crippen molar-refractivity contribution in [2.75, 3.05) is 27.0 Å². The number of rotatable bonds is 9. The van der Waals surface area contributed by atoms with Crippen molar-refractivity contribution in [3.05, 3.63) is 23.8 Å². The number of benzene rings is 1. The maximum absolute atomic E-state index is 10.4. The molecule has 0 atom stereocenters. The van der Waals surface area contributed by atoms with Crippen LogP contribution in [0, 0.1) is 0 Å². The van der Waals surface area contributed by atoms with Crippen molar-refractivity contribution in [3.8, 4) is 5.75 Å². The van der Waals surface area contributed by atoms with E-state index in [2.05, 4.69) is 30.1 Å². The second-order valence-corrected chi connectivity index (χ2v) is 5.63. The summed E-state index contributed by atoms with van der Waals surface area (Å²) in [5.74, 6) is 0.194. The zero-order valence-corrected chi connectivity index (χ0v) is 13.2. The lowest BCUT2D eigenvalue weighted by Gasteiger charge is -2.17. The summed E-state index contributed by atoms with van der Waals surface area (Å²) in [7, 11) is 3.74. The predicted octanol–water partition coefficient (Wildman–Crippen LogP) is 3.10. The topological polar surface area (TPSA) is 49.8 Å². The van der Waals surface area contributed by atoms with Crippen LogP contribution in [-0.4, -0.2) is 42.9 Å². The van der Waals surface area contributed by atoms with E-state index in [1.807, 2.05) is 6.26 Å². The fourth-order valence-corrected chi connectivity index (χ4v) is 2.58. The molecule has 0 heterocycles. The molecule has 5 heteroatoms. The van der Waals surface area contributed by atoms with Gasteiger partial charge in [-0.3, -0.25) is 4.79 Å². The monoisotopic (exact) mass is 297 g/mol. The molecule has 1 N–H and O–H groups in total. The molecule has 1 rings (SSSR count). The summed E-state index contributed by atoms with van der Waals surface area (Å²) in [6.07, 6.45) is 3.92. The van der Waals surface area contributed by atoms with Gasteiger partial charge in [-0.05, 0) is 50.4 Å². The van der Waals surface area contributed by atoms with E-state index in [0.29, 0.717) is 0 Å². The zero-order valence-electron chi connectivity index (χ0n) is 12.4. The molecule has 0 fully saturated rings. The largest absolute Gasteiger partial charge is 0.496 e. The van der Waals surface area contributed by atoms with Crippen LogP contribution in [0.15, 0.2) is 23.1 Å². The van der Waals surface area contributed by atoms with Gasteiger partial charge in [0.25, 0.3) is 0 Å². The standard InChI is InChI=1S/C15H23NO3S/c1-16(9-5-4-6-15(17)18)11-12-7-8-14(20-3)13(10-12)19-2/h7-8,10H,4-6,9,11H2,1-3H3,(H,17,18). The third-order valence-electron chi connectivity index (χ3n) is 3.08. The van der Waals surface area contributed by atoms with E-state index >= 15 is 0 Å². The Morgan fingerprint density at radius 1 is 1.40 bits per heavy atom. The van der Waals surface area contributed by atoms with Crippen LogP contribution in [0.25, 0.3) is 0 Å². The van der Waals surface area contributed by atoms with E-state index in [4.69, 9.17) is 9.84 Å². The lowest BCUT2D eigenvalue weighted by atomic mass is 10.2. The molecule has 0 unspecified atom stereocenters. The number of thioether (sulfide) groups is 1. The lowest BCUT2D eigenvalue weighted by Crippen LogP contribution is -2.19. The summed E-state index contributed by atoms with van der Waals surface area (Å²) in [5.41, 5.74) is 1.21.